The first kappa shape index (κ1) is 24.7. The van der Waals surface area contributed by atoms with Crippen molar-refractivity contribution in [3.8, 4) is 0 Å². The fraction of sp³-hybridized carbons (Fsp3) is 0.941. The maximum atomic E-state index is 9.94. The second kappa shape index (κ2) is 16.3. The van der Waals surface area contributed by atoms with E-state index in [4.69, 9.17) is 25.2 Å². The predicted octanol–water partition coefficient (Wildman–Crippen LogP) is 1.42. The molecule has 0 saturated carbocycles. The molecule has 6 nitrogen and oxygen atoms in total. The summed E-state index contributed by atoms with van der Waals surface area (Å²) in [5.74, 6) is 0. The Hall–Kier alpha value is -0.530. The second-order valence-electron chi connectivity index (χ2n) is 5.68. The summed E-state index contributed by atoms with van der Waals surface area (Å²) >= 11 is 0. The SMILES string of the molecule is C.CCCCCCCCCC=O.OC[C@@H](O)[C@H]1OC[C@H](O)[C@H]1O. The molecule has 23 heavy (non-hydrogen) atoms. The number of unbranched alkanes of at least 4 members (excludes halogenated alkanes) is 7. The van der Waals surface area contributed by atoms with Gasteiger partial charge in [0.15, 0.2) is 0 Å². The van der Waals surface area contributed by atoms with Crippen molar-refractivity contribution < 1.29 is 30.0 Å². The first-order valence-electron chi connectivity index (χ1n) is 8.28. The van der Waals surface area contributed by atoms with Crippen LogP contribution in [0.15, 0.2) is 0 Å². The molecule has 0 amide bonds. The minimum absolute atomic E-state index is 0. The van der Waals surface area contributed by atoms with E-state index in [0.717, 1.165) is 19.1 Å². The van der Waals surface area contributed by atoms with Gasteiger partial charge < -0.3 is 30.0 Å². The second-order valence-corrected chi connectivity index (χ2v) is 5.68. The van der Waals surface area contributed by atoms with Crippen LogP contribution >= 0.6 is 0 Å². The standard InChI is InChI=1S/C10H20O.C6H12O5.CH4/c1-2-3-4-5-6-7-8-9-10-11;7-1-3(8)6-5(10)4(9)2-11-6;/h10H,2-9H2,1H3;3-10H,1-2H2;1H4/t;3-,4+,5-,6-;/m.1./s1. The molecule has 0 aromatic carbocycles. The maximum Gasteiger partial charge on any atom is 0.119 e. The Morgan fingerprint density at radius 3 is 2.13 bits per heavy atom. The van der Waals surface area contributed by atoms with E-state index >= 15 is 0 Å². The summed E-state index contributed by atoms with van der Waals surface area (Å²) in [6.45, 7) is 1.75. The molecule has 4 atom stereocenters. The summed E-state index contributed by atoms with van der Waals surface area (Å²) < 4.78 is 4.82. The number of hydrogen-bond acceptors (Lipinski definition) is 6. The summed E-state index contributed by atoms with van der Waals surface area (Å²) in [5.41, 5.74) is 0. The molecule has 0 bridgehead atoms. The van der Waals surface area contributed by atoms with Gasteiger partial charge in [0.2, 0.25) is 0 Å². The summed E-state index contributed by atoms with van der Waals surface area (Å²) in [5, 5.41) is 35.5. The number of carbonyl (C=O) groups is 1. The van der Waals surface area contributed by atoms with Crippen LogP contribution < -0.4 is 0 Å². The topological polar surface area (TPSA) is 107 Å². The van der Waals surface area contributed by atoms with Crippen molar-refractivity contribution in [2.24, 2.45) is 0 Å². The lowest BCUT2D eigenvalue weighted by molar-refractivity contribution is -0.107. The van der Waals surface area contributed by atoms with E-state index in [1.807, 2.05) is 0 Å². The Morgan fingerprint density at radius 1 is 1.13 bits per heavy atom. The third kappa shape index (κ3) is 11.6. The van der Waals surface area contributed by atoms with E-state index in [1.54, 1.807) is 0 Å². The Labute approximate surface area is 140 Å². The van der Waals surface area contributed by atoms with Crippen LogP contribution in [-0.2, 0) is 9.53 Å². The number of rotatable bonds is 10. The van der Waals surface area contributed by atoms with Crippen molar-refractivity contribution in [2.75, 3.05) is 13.2 Å². The molecule has 0 aromatic rings. The lowest BCUT2D eigenvalue weighted by Gasteiger charge is -2.18. The van der Waals surface area contributed by atoms with Crippen molar-refractivity contribution in [3.05, 3.63) is 0 Å². The van der Waals surface area contributed by atoms with Gasteiger partial charge in [-0.15, -0.1) is 0 Å². The zero-order chi connectivity index (χ0) is 16.8. The fourth-order valence-corrected chi connectivity index (χ4v) is 2.25. The Kier molecular flexibility index (Phi) is 17.6. The number of hydrogen-bond donors (Lipinski definition) is 4. The molecule has 0 aromatic heterocycles. The molecule has 0 radical (unpaired) electrons. The number of aldehydes is 1. The van der Waals surface area contributed by atoms with Gasteiger partial charge >= 0.3 is 0 Å². The summed E-state index contributed by atoms with van der Waals surface area (Å²) in [6.07, 6.45) is 6.79. The van der Waals surface area contributed by atoms with Crippen LogP contribution in [0.1, 0.15) is 65.7 Å². The average molecular weight is 336 g/mol. The van der Waals surface area contributed by atoms with Gasteiger partial charge in [-0.2, -0.15) is 0 Å². The Morgan fingerprint density at radius 2 is 1.70 bits per heavy atom. The molecular weight excluding hydrogens is 300 g/mol. The summed E-state index contributed by atoms with van der Waals surface area (Å²) in [4.78, 5) is 9.94. The van der Waals surface area contributed by atoms with Gasteiger partial charge in [0.1, 0.15) is 30.7 Å². The molecule has 1 aliphatic heterocycles. The third-order valence-electron chi connectivity index (χ3n) is 3.68. The van der Waals surface area contributed by atoms with Crippen LogP contribution in [0.4, 0.5) is 0 Å². The highest BCUT2D eigenvalue weighted by molar-refractivity contribution is 5.48. The number of aliphatic hydroxyl groups is 4. The van der Waals surface area contributed by atoms with Gasteiger partial charge in [0.25, 0.3) is 0 Å². The molecule has 1 aliphatic rings. The normalized spacial score (nSPS) is 24.3. The largest absolute Gasteiger partial charge is 0.394 e. The maximum absolute atomic E-state index is 9.94. The van der Waals surface area contributed by atoms with E-state index in [9.17, 15) is 4.79 Å². The number of ether oxygens (including phenoxy) is 1. The molecular formula is C17H36O6. The quantitative estimate of drug-likeness (QED) is 0.355. The number of aliphatic hydroxyl groups excluding tert-OH is 4. The van der Waals surface area contributed by atoms with E-state index in [-0.39, 0.29) is 14.0 Å². The van der Waals surface area contributed by atoms with Gasteiger partial charge in [-0.05, 0) is 6.42 Å². The van der Waals surface area contributed by atoms with Gasteiger partial charge in [0.05, 0.1) is 13.2 Å². The van der Waals surface area contributed by atoms with Crippen LogP contribution in [0.25, 0.3) is 0 Å². The molecule has 1 rings (SSSR count). The Balaban J connectivity index is 0. The van der Waals surface area contributed by atoms with Crippen molar-refractivity contribution in [2.45, 2.75) is 90.1 Å². The minimum Gasteiger partial charge on any atom is -0.394 e. The first-order valence-corrected chi connectivity index (χ1v) is 8.28. The van der Waals surface area contributed by atoms with Crippen molar-refractivity contribution in [1.82, 2.24) is 0 Å². The van der Waals surface area contributed by atoms with Crippen LogP contribution in [-0.4, -0.2) is 64.3 Å². The smallest absolute Gasteiger partial charge is 0.119 e. The van der Waals surface area contributed by atoms with Gasteiger partial charge in [-0.25, -0.2) is 0 Å². The highest BCUT2D eigenvalue weighted by Crippen LogP contribution is 2.16. The lowest BCUT2D eigenvalue weighted by Crippen LogP contribution is -2.40. The molecule has 0 aliphatic carbocycles. The van der Waals surface area contributed by atoms with E-state index in [1.165, 1.54) is 38.5 Å². The van der Waals surface area contributed by atoms with Gasteiger partial charge in [-0.3, -0.25) is 0 Å². The van der Waals surface area contributed by atoms with E-state index in [0.29, 0.717) is 0 Å². The molecule has 1 saturated heterocycles. The van der Waals surface area contributed by atoms with E-state index in [2.05, 4.69) is 6.92 Å². The zero-order valence-electron chi connectivity index (χ0n) is 13.6. The Bertz CT molecular complexity index is 261. The monoisotopic (exact) mass is 336 g/mol. The summed E-state index contributed by atoms with van der Waals surface area (Å²) in [6, 6.07) is 0. The van der Waals surface area contributed by atoms with Crippen molar-refractivity contribution in [3.63, 3.8) is 0 Å². The lowest BCUT2D eigenvalue weighted by atomic mass is 10.1. The van der Waals surface area contributed by atoms with Crippen LogP contribution in [0.2, 0.25) is 0 Å². The van der Waals surface area contributed by atoms with Crippen LogP contribution in [0.3, 0.4) is 0 Å². The molecule has 140 valence electrons. The molecule has 4 N–H and O–H groups in total. The summed E-state index contributed by atoms with van der Waals surface area (Å²) in [7, 11) is 0. The molecule has 1 fully saturated rings. The predicted molar refractivity (Wildman–Crippen MR) is 90.3 cm³/mol. The molecule has 1 heterocycles. The van der Waals surface area contributed by atoms with Crippen LogP contribution in [0.5, 0.6) is 0 Å². The number of carbonyl (C=O) groups excluding carboxylic acids is 1. The van der Waals surface area contributed by atoms with Gasteiger partial charge in [0, 0.05) is 6.42 Å². The third-order valence-corrected chi connectivity index (χ3v) is 3.68. The van der Waals surface area contributed by atoms with Crippen molar-refractivity contribution in [1.29, 1.82) is 0 Å². The van der Waals surface area contributed by atoms with Crippen molar-refractivity contribution >= 4 is 6.29 Å². The van der Waals surface area contributed by atoms with Gasteiger partial charge in [-0.1, -0.05) is 52.9 Å². The van der Waals surface area contributed by atoms with E-state index < -0.39 is 31.0 Å². The minimum atomic E-state index is -1.12. The molecule has 0 unspecified atom stereocenters. The molecule has 6 heteroatoms. The highest BCUT2D eigenvalue weighted by atomic mass is 16.5. The average Bonchev–Trinajstić information content (AvgIpc) is 2.86. The zero-order valence-corrected chi connectivity index (χ0v) is 13.6. The first-order chi connectivity index (χ1) is 10.6. The highest BCUT2D eigenvalue weighted by Gasteiger charge is 2.38. The van der Waals surface area contributed by atoms with Crippen LogP contribution in [0, 0.1) is 0 Å². The molecule has 0 spiro atoms. The fourth-order valence-electron chi connectivity index (χ4n) is 2.25.